The van der Waals surface area contributed by atoms with E-state index >= 15 is 0 Å². The molecule has 0 saturated heterocycles. The molecule has 4 heteroatoms. The van der Waals surface area contributed by atoms with Gasteiger partial charge in [-0.15, -0.1) is 0 Å². The number of aliphatic carboxylic acids is 1. The van der Waals surface area contributed by atoms with Crippen LogP contribution in [0.4, 0.5) is 0 Å². The molecule has 0 bridgehead atoms. The van der Waals surface area contributed by atoms with Gasteiger partial charge in [-0.05, 0) is 24.1 Å². The number of hydrogen-bond donors (Lipinski definition) is 1. The Labute approximate surface area is 93.2 Å². The Balaban J connectivity index is 2.08. The van der Waals surface area contributed by atoms with Crippen molar-refractivity contribution >= 4 is 5.97 Å². The molecule has 0 spiro atoms. The minimum absolute atomic E-state index is 0.171. The van der Waals surface area contributed by atoms with Gasteiger partial charge in [0.05, 0.1) is 6.33 Å². The molecule has 0 radical (unpaired) electrons. The smallest absolute Gasteiger partial charge is 0.303 e. The van der Waals surface area contributed by atoms with E-state index < -0.39 is 5.97 Å². The molecule has 16 heavy (non-hydrogen) atoms. The van der Waals surface area contributed by atoms with Gasteiger partial charge in [0.1, 0.15) is 0 Å². The van der Waals surface area contributed by atoms with Crippen molar-refractivity contribution in [3.05, 3.63) is 48.5 Å². The molecule has 0 saturated carbocycles. The molecule has 82 valence electrons. The number of carbonyl (C=O) groups is 1. The van der Waals surface area contributed by atoms with Crippen molar-refractivity contribution in [2.75, 3.05) is 0 Å². The van der Waals surface area contributed by atoms with Gasteiger partial charge in [-0.25, -0.2) is 4.98 Å². The first-order valence-electron chi connectivity index (χ1n) is 5.05. The van der Waals surface area contributed by atoms with Crippen molar-refractivity contribution in [3.8, 4) is 5.69 Å². The van der Waals surface area contributed by atoms with Gasteiger partial charge in [-0.3, -0.25) is 4.79 Å². The predicted octanol–water partition coefficient (Wildman–Crippen LogP) is 1.89. The summed E-state index contributed by atoms with van der Waals surface area (Å²) >= 11 is 0. The summed E-state index contributed by atoms with van der Waals surface area (Å²) in [6.45, 7) is 0. The van der Waals surface area contributed by atoms with Crippen LogP contribution < -0.4 is 0 Å². The monoisotopic (exact) mass is 216 g/mol. The number of rotatable bonds is 4. The van der Waals surface area contributed by atoms with Crippen LogP contribution in [0.25, 0.3) is 5.69 Å². The summed E-state index contributed by atoms with van der Waals surface area (Å²) in [5.41, 5.74) is 2.06. The van der Waals surface area contributed by atoms with Crippen molar-refractivity contribution < 1.29 is 9.90 Å². The number of hydrogen-bond acceptors (Lipinski definition) is 2. The van der Waals surface area contributed by atoms with E-state index in [1.807, 2.05) is 35.0 Å². The molecule has 0 atom stereocenters. The van der Waals surface area contributed by atoms with Crippen LogP contribution in [0.5, 0.6) is 0 Å². The number of aromatic nitrogens is 2. The molecular weight excluding hydrogens is 204 g/mol. The SMILES string of the molecule is O=C(O)CCc1ccc(-n2ccnc2)cc1. The minimum atomic E-state index is -0.765. The molecule has 0 amide bonds. The van der Waals surface area contributed by atoms with E-state index in [1.54, 1.807) is 12.5 Å². The molecule has 1 heterocycles. The first-order valence-corrected chi connectivity index (χ1v) is 5.05. The standard InChI is InChI=1S/C12H12N2O2/c15-12(16)6-3-10-1-4-11(5-2-10)14-8-7-13-9-14/h1-2,4-5,7-9H,3,6H2,(H,15,16). The lowest BCUT2D eigenvalue weighted by Crippen LogP contribution is -1.97. The van der Waals surface area contributed by atoms with Crippen LogP contribution in [-0.4, -0.2) is 20.6 Å². The second-order valence-electron chi connectivity index (χ2n) is 3.53. The molecule has 0 aliphatic rings. The van der Waals surface area contributed by atoms with Crippen molar-refractivity contribution in [2.45, 2.75) is 12.8 Å². The molecule has 0 aliphatic carbocycles. The lowest BCUT2D eigenvalue weighted by atomic mass is 10.1. The van der Waals surface area contributed by atoms with Crippen LogP contribution in [0, 0.1) is 0 Å². The van der Waals surface area contributed by atoms with Crippen LogP contribution in [0.15, 0.2) is 43.0 Å². The third-order valence-electron chi connectivity index (χ3n) is 2.37. The third kappa shape index (κ3) is 2.48. The van der Waals surface area contributed by atoms with Gasteiger partial charge >= 0.3 is 5.97 Å². The number of benzene rings is 1. The first-order chi connectivity index (χ1) is 7.75. The molecule has 0 unspecified atom stereocenters. The lowest BCUT2D eigenvalue weighted by Gasteiger charge is -2.03. The van der Waals surface area contributed by atoms with E-state index in [-0.39, 0.29) is 6.42 Å². The molecule has 1 aromatic heterocycles. The highest BCUT2D eigenvalue weighted by Gasteiger charge is 2.00. The maximum absolute atomic E-state index is 10.4. The molecule has 1 aromatic carbocycles. The number of nitrogens with zero attached hydrogens (tertiary/aromatic N) is 2. The Morgan fingerprint density at radius 1 is 1.31 bits per heavy atom. The Bertz CT molecular complexity index is 460. The molecule has 4 nitrogen and oxygen atoms in total. The molecule has 1 N–H and O–H groups in total. The molecular formula is C12H12N2O2. The molecule has 2 aromatic rings. The van der Waals surface area contributed by atoms with Crippen LogP contribution in [0.2, 0.25) is 0 Å². The van der Waals surface area contributed by atoms with Crippen LogP contribution in [-0.2, 0) is 11.2 Å². The van der Waals surface area contributed by atoms with Gasteiger partial charge in [0, 0.05) is 24.5 Å². The normalized spacial score (nSPS) is 10.2. The fourth-order valence-corrected chi connectivity index (χ4v) is 1.50. The highest BCUT2D eigenvalue weighted by molar-refractivity contribution is 5.67. The largest absolute Gasteiger partial charge is 0.481 e. The summed E-state index contributed by atoms with van der Waals surface area (Å²) in [6.07, 6.45) is 6.06. The summed E-state index contributed by atoms with van der Waals surface area (Å²) < 4.78 is 1.90. The number of carboxylic acids is 1. The topological polar surface area (TPSA) is 55.1 Å². The van der Waals surface area contributed by atoms with Crippen molar-refractivity contribution in [1.29, 1.82) is 0 Å². The van der Waals surface area contributed by atoms with E-state index in [0.29, 0.717) is 6.42 Å². The lowest BCUT2D eigenvalue weighted by molar-refractivity contribution is -0.136. The predicted molar refractivity (Wildman–Crippen MR) is 59.5 cm³/mol. The highest BCUT2D eigenvalue weighted by Crippen LogP contribution is 2.10. The summed E-state index contributed by atoms with van der Waals surface area (Å²) in [6, 6.07) is 7.80. The summed E-state index contributed by atoms with van der Waals surface area (Å²) in [5.74, 6) is -0.765. The second kappa shape index (κ2) is 4.61. The van der Waals surface area contributed by atoms with Gasteiger partial charge in [0.15, 0.2) is 0 Å². The Morgan fingerprint density at radius 2 is 2.06 bits per heavy atom. The van der Waals surface area contributed by atoms with Gasteiger partial charge in [-0.1, -0.05) is 12.1 Å². The zero-order chi connectivity index (χ0) is 11.4. The van der Waals surface area contributed by atoms with E-state index in [2.05, 4.69) is 4.98 Å². The van der Waals surface area contributed by atoms with Crippen LogP contribution in [0.1, 0.15) is 12.0 Å². The number of carboxylic acid groups (broad SMARTS) is 1. The van der Waals surface area contributed by atoms with E-state index in [0.717, 1.165) is 11.3 Å². The summed E-state index contributed by atoms with van der Waals surface area (Å²) in [4.78, 5) is 14.4. The van der Waals surface area contributed by atoms with Crippen molar-refractivity contribution in [3.63, 3.8) is 0 Å². The molecule has 0 aliphatic heterocycles. The number of aryl methyl sites for hydroxylation is 1. The maximum Gasteiger partial charge on any atom is 0.303 e. The quantitative estimate of drug-likeness (QED) is 0.849. The maximum atomic E-state index is 10.4. The van der Waals surface area contributed by atoms with Gasteiger partial charge in [0.25, 0.3) is 0 Å². The average molecular weight is 216 g/mol. The fourth-order valence-electron chi connectivity index (χ4n) is 1.50. The highest BCUT2D eigenvalue weighted by atomic mass is 16.4. The Kier molecular flexibility index (Phi) is 3.00. The van der Waals surface area contributed by atoms with Crippen LogP contribution in [0.3, 0.4) is 0 Å². The van der Waals surface area contributed by atoms with E-state index in [4.69, 9.17) is 5.11 Å². The van der Waals surface area contributed by atoms with Gasteiger partial charge in [-0.2, -0.15) is 0 Å². The van der Waals surface area contributed by atoms with Gasteiger partial charge < -0.3 is 9.67 Å². The minimum Gasteiger partial charge on any atom is -0.481 e. The Morgan fingerprint density at radius 3 is 2.62 bits per heavy atom. The third-order valence-corrected chi connectivity index (χ3v) is 2.37. The summed E-state index contributed by atoms with van der Waals surface area (Å²) in [7, 11) is 0. The van der Waals surface area contributed by atoms with E-state index in [9.17, 15) is 4.79 Å². The number of imidazole rings is 1. The molecule has 2 rings (SSSR count). The van der Waals surface area contributed by atoms with Crippen molar-refractivity contribution in [1.82, 2.24) is 9.55 Å². The second-order valence-corrected chi connectivity index (χ2v) is 3.53. The van der Waals surface area contributed by atoms with E-state index in [1.165, 1.54) is 0 Å². The zero-order valence-corrected chi connectivity index (χ0v) is 8.71. The van der Waals surface area contributed by atoms with Crippen LogP contribution >= 0.6 is 0 Å². The zero-order valence-electron chi connectivity index (χ0n) is 8.71. The Hall–Kier alpha value is -2.10. The fraction of sp³-hybridized carbons (Fsp3) is 0.167. The average Bonchev–Trinajstić information content (AvgIpc) is 2.80. The first kappa shape index (κ1) is 10.4. The van der Waals surface area contributed by atoms with Crippen molar-refractivity contribution in [2.24, 2.45) is 0 Å². The summed E-state index contributed by atoms with van der Waals surface area (Å²) in [5, 5.41) is 8.57. The molecule has 0 fully saturated rings. The van der Waals surface area contributed by atoms with Gasteiger partial charge in [0.2, 0.25) is 0 Å².